The van der Waals surface area contributed by atoms with Crippen molar-refractivity contribution in [1.29, 1.82) is 0 Å². The molecule has 0 unspecified atom stereocenters. The summed E-state index contributed by atoms with van der Waals surface area (Å²) in [4.78, 5) is 23.6. The summed E-state index contributed by atoms with van der Waals surface area (Å²) in [6.07, 6.45) is 3.58. The SMILES string of the molecule is CCn1c(SCC(=O)OCC(=O)NC[C@@H]2CCCO2)nnc1-c1ccco1. The molecule has 0 bridgehead atoms. The average Bonchev–Trinajstić information content (AvgIpc) is 3.43. The van der Waals surface area contributed by atoms with E-state index in [0.29, 0.717) is 29.8 Å². The minimum Gasteiger partial charge on any atom is -0.461 e. The third-order valence-corrected chi connectivity index (χ3v) is 4.95. The van der Waals surface area contributed by atoms with Gasteiger partial charge < -0.3 is 19.2 Å². The minimum atomic E-state index is -0.488. The molecule has 3 heterocycles. The van der Waals surface area contributed by atoms with Crippen LogP contribution in [0.25, 0.3) is 11.6 Å². The predicted molar refractivity (Wildman–Crippen MR) is 97.1 cm³/mol. The quantitative estimate of drug-likeness (QED) is 0.503. The first-order valence-electron chi connectivity index (χ1n) is 8.81. The Morgan fingerprint density at radius 1 is 1.44 bits per heavy atom. The van der Waals surface area contributed by atoms with Gasteiger partial charge in [-0.15, -0.1) is 10.2 Å². The maximum atomic E-state index is 11.9. The summed E-state index contributed by atoms with van der Waals surface area (Å²) >= 11 is 1.20. The summed E-state index contributed by atoms with van der Waals surface area (Å²) in [5.74, 6) is 0.432. The van der Waals surface area contributed by atoms with Gasteiger partial charge in [0.2, 0.25) is 0 Å². The number of amides is 1. The van der Waals surface area contributed by atoms with E-state index in [4.69, 9.17) is 13.9 Å². The molecule has 2 aromatic heterocycles. The van der Waals surface area contributed by atoms with Crippen molar-refractivity contribution < 1.29 is 23.5 Å². The smallest absolute Gasteiger partial charge is 0.316 e. The number of rotatable bonds is 9. The Labute approximate surface area is 160 Å². The molecule has 0 radical (unpaired) electrons. The van der Waals surface area contributed by atoms with Gasteiger partial charge in [-0.2, -0.15) is 0 Å². The van der Waals surface area contributed by atoms with E-state index in [0.717, 1.165) is 19.4 Å². The van der Waals surface area contributed by atoms with Crippen molar-refractivity contribution in [1.82, 2.24) is 20.1 Å². The Bertz CT molecular complexity index is 755. The molecule has 0 saturated carbocycles. The van der Waals surface area contributed by atoms with E-state index in [9.17, 15) is 9.59 Å². The zero-order valence-electron chi connectivity index (χ0n) is 15.1. The van der Waals surface area contributed by atoms with Crippen LogP contribution < -0.4 is 5.32 Å². The lowest BCUT2D eigenvalue weighted by molar-refractivity contribution is -0.146. The van der Waals surface area contributed by atoms with Gasteiger partial charge in [-0.05, 0) is 31.9 Å². The molecule has 2 aromatic rings. The number of carbonyl (C=O) groups is 2. The van der Waals surface area contributed by atoms with Gasteiger partial charge >= 0.3 is 5.97 Å². The van der Waals surface area contributed by atoms with Gasteiger partial charge in [-0.1, -0.05) is 11.8 Å². The molecule has 3 rings (SSSR count). The first-order valence-corrected chi connectivity index (χ1v) is 9.79. The Balaban J connectivity index is 1.42. The Morgan fingerprint density at radius 3 is 3.04 bits per heavy atom. The zero-order chi connectivity index (χ0) is 19.1. The van der Waals surface area contributed by atoms with Crippen molar-refractivity contribution in [3.05, 3.63) is 18.4 Å². The molecule has 10 heteroatoms. The molecule has 146 valence electrons. The molecule has 9 nitrogen and oxygen atoms in total. The van der Waals surface area contributed by atoms with Crippen LogP contribution in [0.15, 0.2) is 28.0 Å². The zero-order valence-corrected chi connectivity index (χ0v) is 15.9. The van der Waals surface area contributed by atoms with E-state index in [1.54, 1.807) is 18.4 Å². The Kier molecular flexibility index (Phi) is 6.88. The fraction of sp³-hybridized carbons (Fsp3) is 0.529. The molecule has 1 aliphatic heterocycles. The number of hydrogen-bond acceptors (Lipinski definition) is 8. The van der Waals surface area contributed by atoms with Gasteiger partial charge in [0.15, 0.2) is 23.3 Å². The molecular weight excluding hydrogens is 372 g/mol. The van der Waals surface area contributed by atoms with Gasteiger partial charge in [0.1, 0.15) is 0 Å². The predicted octanol–water partition coefficient (Wildman–Crippen LogP) is 1.49. The third-order valence-electron chi connectivity index (χ3n) is 4.01. The number of nitrogens with zero attached hydrogens (tertiary/aromatic N) is 3. The van der Waals surface area contributed by atoms with E-state index in [1.807, 2.05) is 11.5 Å². The normalized spacial score (nSPS) is 16.4. The fourth-order valence-electron chi connectivity index (χ4n) is 2.66. The lowest BCUT2D eigenvalue weighted by atomic mass is 10.2. The second-order valence-corrected chi connectivity index (χ2v) is 6.86. The van der Waals surface area contributed by atoms with Crippen molar-refractivity contribution in [2.75, 3.05) is 25.5 Å². The number of ether oxygens (including phenoxy) is 2. The van der Waals surface area contributed by atoms with E-state index in [-0.39, 0.29) is 24.4 Å². The summed E-state index contributed by atoms with van der Waals surface area (Å²) in [5.41, 5.74) is 0. The second-order valence-electron chi connectivity index (χ2n) is 5.92. The molecule has 1 atom stereocenters. The first-order chi connectivity index (χ1) is 13.2. The van der Waals surface area contributed by atoms with Crippen LogP contribution in [-0.4, -0.2) is 58.3 Å². The average molecular weight is 394 g/mol. The van der Waals surface area contributed by atoms with Crippen molar-refractivity contribution in [3.8, 4) is 11.6 Å². The number of thioether (sulfide) groups is 1. The van der Waals surface area contributed by atoms with Crippen LogP contribution in [-0.2, 0) is 25.6 Å². The maximum absolute atomic E-state index is 11.9. The van der Waals surface area contributed by atoms with Crippen molar-refractivity contribution in [2.24, 2.45) is 0 Å². The third kappa shape index (κ3) is 5.33. The monoisotopic (exact) mass is 394 g/mol. The fourth-order valence-corrected chi connectivity index (χ4v) is 3.46. The van der Waals surface area contributed by atoms with Crippen molar-refractivity contribution in [2.45, 2.75) is 37.6 Å². The van der Waals surface area contributed by atoms with Crippen LogP contribution in [0.1, 0.15) is 19.8 Å². The molecule has 1 aliphatic rings. The number of carbonyl (C=O) groups excluding carboxylic acids is 2. The number of hydrogen-bond donors (Lipinski definition) is 1. The van der Waals surface area contributed by atoms with Gasteiger partial charge in [-0.3, -0.25) is 14.2 Å². The van der Waals surface area contributed by atoms with Gasteiger partial charge in [-0.25, -0.2) is 0 Å². The highest BCUT2D eigenvalue weighted by molar-refractivity contribution is 7.99. The van der Waals surface area contributed by atoms with Gasteiger partial charge in [0.05, 0.1) is 18.1 Å². The van der Waals surface area contributed by atoms with Crippen LogP contribution in [0.5, 0.6) is 0 Å². The van der Waals surface area contributed by atoms with E-state index >= 15 is 0 Å². The van der Waals surface area contributed by atoms with Crippen LogP contribution in [0.3, 0.4) is 0 Å². The van der Waals surface area contributed by atoms with Gasteiger partial charge in [0.25, 0.3) is 5.91 Å². The first kappa shape index (κ1) is 19.4. The summed E-state index contributed by atoms with van der Waals surface area (Å²) in [6, 6.07) is 3.58. The lowest BCUT2D eigenvalue weighted by Crippen LogP contribution is -2.35. The molecule has 1 saturated heterocycles. The van der Waals surface area contributed by atoms with E-state index in [2.05, 4.69) is 15.5 Å². The Morgan fingerprint density at radius 2 is 2.33 bits per heavy atom. The van der Waals surface area contributed by atoms with E-state index < -0.39 is 5.97 Å². The van der Waals surface area contributed by atoms with Crippen LogP contribution in [0.2, 0.25) is 0 Å². The highest BCUT2D eigenvalue weighted by atomic mass is 32.2. The molecular formula is C17H22N4O5S. The number of nitrogens with one attached hydrogen (secondary N) is 1. The topological polar surface area (TPSA) is 108 Å². The van der Waals surface area contributed by atoms with Crippen molar-refractivity contribution in [3.63, 3.8) is 0 Å². The number of aromatic nitrogens is 3. The molecule has 1 N–H and O–H groups in total. The second kappa shape index (κ2) is 9.56. The molecule has 1 amide bonds. The number of furan rings is 1. The van der Waals surface area contributed by atoms with Crippen LogP contribution in [0, 0.1) is 0 Å². The summed E-state index contributed by atoms with van der Waals surface area (Å²) in [7, 11) is 0. The minimum absolute atomic E-state index is 0.0370. The highest BCUT2D eigenvalue weighted by Crippen LogP contribution is 2.24. The molecule has 1 fully saturated rings. The number of esters is 1. The Hall–Kier alpha value is -2.33. The molecule has 27 heavy (non-hydrogen) atoms. The largest absolute Gasteiger partial charge is 0.461 e. The lowest BCUT2D eigenvalue weighted by Gasteiger charge is -2.11. The maximum Gasteiger partial charge on any atom is 0.316 e. The summed E-state index contributed by atoms with van der Waals surface area (Å²) in [5, 5.41) is 11.5. The van der Waals surface area contributed by atoms with Crippen molar-refractivity contribution >= 4 is 23.6 Å². The standard InChI is InChI=1S/C17H22N4O5S/c1-2-21-16(13-6-4-8-25-13)19-20-17(21)27-11-15(23)26-10-14(22)18-9-12-5-3-7-24-12/h4,6,8,12H,2-3,5,7,9-11H2,1H3,(H,18,22)/t12-/m0/s1. The highest BCUT2D eigenvalue weighted by Gasteiger charge is 2.18. The van der Waals surface area contributed by atoms with Crippen LogP contribution >= 0.6 is 11.8 Å². The summed E-state index contributed by atoms with van der Waals surface area (Å²) in [6.45, 7) is 3.46. The molecule has 0 aromatic carbocycles. The van der Waals surface area contributed by atoms with Gasteiger partial charge in [0, 0.05) is 19.7 Å². The molecule has 0 spiro atoms. The van der Waals surface area contributed by atoms with Crippen LogP contribution in [0.4, 0.5) is 0 Å². The summed E-state index contributed by atoms with van der Waals surface area (Å²) < 4.78 is 17.6. The van der Waals surface area contributed by atoms with E-state index in [1.165, 1.54) is 11.8 Å². The molecule has 0 aliphatic carbocycles.